The number of hydrogen-bond acceptors (Lipinski definition) is 10. The van der Waals surface area contributed by atoms with Gasteiger partial charge in [-0.1, -0.05) is 0 Å². The molecule has 3 aliphatic carbocycles. The molecule has 6 N–H and O–H groups in total. The largest absolute Gasteiger partial charge is 0.510 e. The van der Waals surface area contributed by atoms with Gasteiger partial charge in [0.25, 0.3) is 5.91 Å². The SMILES string of the molecule is CN(C)CC(=O)N1Cc2c(O)c3c(c(F)c2C1)C[C@H]1C[C@H]2[C@H](N(C)C)C(O)=C(C(N)=O)C(=O)[C@@]2(O)C(O)=C1C3=O. The Morgan fingerprint density at radius 1 is 1.07 bits per heavy atom. The maximum atomic E-state index is 15.9. The zero-order chi connectivity index (χ0) is 29.6. The Morgan fingerprint density at radius 2 is 1.70 bits per heavy atom. The van der Waals surface area contributed by atoms with Gasteiger partial charge in [-0.2, -0.15) is 0 Å². The van der Waals surface area contributed by atoms with Crippen LogP contribution in [-0.2, 0) is 33.9 Å². The van der Waals surface area contributed by atoms with Crippen LogP contribution in [0, 0.1) is 17.7 Å². The first-order valence-corrected chi connectivity index (χ1v) is 12.7. The van der Waals surface area contributed by atoms with Gasteiger partial charge in [-0.15, -0.1) is 0 Å². The lowest BCUT2D eigenvalue weighted by atomic mass is 9.58. The predicted molar refractivity (Wildman–Crippen MR) is 136 cm³/mol. The summed E-state index contributed by atoms with van der Waals surface area (Å²) in [6, 6.07) is -1.14. The number of fused-ring (bicyclic) bond motifs is 4. The van der Waals surface area contributed by atoms with Gasteiger partial charge in [-0.3, -0.25) is 24.1 Å². The number of aliphatic hydroxyl groups excluding tert-OH is 2. The topological polar surface area (TPSA) is 185 Å². The van der Waals surface area contributed by atoms with Crippen LogP contribution in [0.3, 0.4) is 0 Å². The van der Waals surface area contributed by atoms with Crippen molar-refractivity contribution in [2.75, 3.05) is 34.7 Å². The highest BCUT2D eigenvalue weighted by atomic mass is 19.1. The van der Waals surface area contributed by atoms with Gasteiger partial charge in [-0.05, 0) is 47.0 Å². The zero-order valence-electron chi connectivity index (χ0n) is 22.5. The molecule has 214 valence electrons. The number of carbonyl (C=O) groups is 4. The van der Waals surface area contributed by atoms with Gasteiger partial charge in [0.05, 0.1) is 24.7 Å². The highest BCUT2D eigenvalue weighted by Gasteiger charge is 2.63. The van der Waals surface area contributed by atoms with E-state index in [9.17, 15) is 39.6 Å². The van der Waals surface area contributed by atoms with Gasteiger partial charge < -0.3 is 36.0 Å². The molecule has 2 amide bonds. The van der Waals surface area contributed by atoms with Crippen LogP contribution in [0.4, 0.5) is 4.39 Å². The van der Waals surface area contributed by atoms with Crippen molar-refractivity contribution in [3.8, 4) is 5.75 Å². The number of hydrogen-bond donors (Lipinski definition) is 5. The third-order valence-corrected chi connectivity index (χ3v) is 8.54. The summed E-state index contributed by atoms with van der Waals surface area (Å²) in [6.45, 7) is -0.149. The lowest BCUT2D eigenvalue weighted by Gasteiger charge is -2.50. The van der Waals surface area contributed by atoms with Gasteiger partial charge in [0.2, 0.25) is 11.7 Å². The standard InChI is InChI=1S/C27H31FN4O8/c1-30(2)9-15(33)32-7-12-13(8-32)21(34)17-11(19(12)28)5-10-6-14-20(31(3)4)23(36)18(26(29)39)25(38)27(14,40)24(37)16(10)22(17)35/h10,14,20,34,36-37,40H,5-9H2,1-4H3,(H2,29,39)/t10-,14-,20-,27-/m0/s1. The maximum Gasteiger partial charge on any atom is 0.255 e. The number of likely N-dealkylation sites (N-methyl/N-ethyl adjacent to an activating group) is 2. The molecule has 0 radical (unpaired) electrons. The predicted octanol–water partition coefficient (Wildman–Crippen LogP) is -0.336. The summed E-state index contributed by atoms with van der Waals surface area (Å²) in [5.74, 6) is -8.98. The maximum absolute atomic E-state index is 15.9. The Kier molecular flexibility index (Phi) is 6.32. The van der Waals surface area contributed by atoms with E-state index in [1.165, 1.54) is 23.9 Å². The highest BCUT2D eigenvalue weighted by molar-refractivity contribution is 6.24. The quantitative estimate of drug-likeness (QED) is 0.306. The van der Waals surface area contributed by atoms with Crippen LogP contribution in [0.2, 0.25) is 0 Å². The van der Waals surface area contributed by atoms with E-state index in [1.54, 1.807) is 19.0 Å². The second-order valence-corrected chi connectivity index (χ2v) is 11.4. The molecule has 0 saturated heterocycles. The fourth-order valence-corrected chi connectivity index (χ4v) is 6.77. The average Bonchev–Trinajstić information content (AvgIpc) is 3.30. The fourth-order valence-electron chi connectivity index (χ4n) is 6.77. The Morgan fingerprint density at radius 3 is 2.27 bits per heavy atom. The molecule has 40 heavy (non-hydrogen) atoms. The number of phenols is 1. The minimum absolute atomic E-state index is 0.0626. The lowest BCUT2D eigenvalue weighted by molar-refractivity contribution is -0.148. The smallest absolute Gasteiger partial charge is 0.255 e. The van der Waals surface area contributed by atoms with E-state index in [-0.39, 0.29) is 60.6 Å². The highest BCUT2D eigenvalue weighted by Crippen LogP contribution is 2.53. The van der Waals surface area contributed by atoms with E-state index in [0.717, 1.165) is 0 Å². The van der Waals surface area contributed by atoms with Crippen LogP contribution in [-0.4, -0.2) is 105 Å². The van der Waals surface area contributed by atoms with Gasteiger partial charge in [0, 0.05) is 34.7 Å². The number of aliphatic hydroxyl groups is 3. The molecule has 4 atom stereocenters. The number of ketones is 2. The van der Waals surface area contributed by atoms with Crippen molar-refractivity contribution >= 4 is 23.4 Å². The monoisotopic (exact) mass is 558 g/mol. The molecule has 5 rings (SSSR count). The molecule has 1 aromatic rings. The number of primary amides is 1. The van der Waals surface area contributed by atoms with Crippen LogP contribution in [0.25, 0.3) is 0 Å². The van der Waals surface area contributed by atoms with E-state index in [1.807, 2.05) is 0 Å². The van der Waals surface area contributed by atoms with E-state index in [2.05, 4.69) is 0 Å². The number of halogens is 1. The molecule has 0 fully saturated rings. The van der Waals surface area contributed by atoms with Gasteiger partial charge >= 0.3 is 0 Å². The second-order valence-electron chi connectivity index (χ2n) is 11.4. The first kappa shape index (κ1) is 27.7. The Balaban J connectivity index is 1.64. The number of carbonyl (C=O) groups excluding carboxylic acids is 4. The first-order valence-electron chi connectivity index (χ1n) is 12.7. The summed E-state index contributed by atoms with van der Waals surface area (Å²) < 4.78 is 15.9. The zero-order valence-corrected chi connectivity index (χ0v) is 22.5. The number of nitrogens with zero attached hydrogens (tertiary/aromatic N) is 3. The number of phenolic OH excluding ortho intramolecular Hbond substituents is 1. The molecule has 4 aliphatic rings. The van der Waals surface area contributed by atoms with Crippen LogP contribution in [0.1, 0.15) is 33.5 Å². The number of nitrogens with two attached hydrogens (primary N) is 1. The van der Waals surface area contributed by atoms with Crippen molar-refractivity contribution in [3.63, 3.8) is 0 Å². The second kappa shape index (κ2) is 9.11. The van der Waals surface area contributed by atoms with Crippen molar-refractivity contribution in [2.24, 2.45) is 17.6 Å². The van der Waals surface area contributed by atoms with E-state index in [4.69, 9.17) is 5.73 Å². The molecule has 13 heteroatoms. The van der Waals surface area contributed by atoms with Gasteiger partial charge in [0.1, 0.15) is 28.7 Å². The summed E-state index contributed by atoms with van der Waals surface area (Å²) >= 11 is 0. The third kappa shape index (κ3) is 3.61. The minimum Gasteiger partial charge on any atom is -0.510 e. The number of aromatic hydroxyl groups is 1. The lowest BCUT2D eigenvalue weighted by Crippen LogP contribution is -2.63. The van der Waals surface area contributed by atoms with Crippen LogP contribution >= 0.6 is 0 Å². The van der Waals surface area contributed by atoms with Crippen LogP contribution in [0.15, 0.2) is 22.7 Å². The van der Waals surface area contributed by atoms with Crippen molar-refractivity contribution in [3.05, 3.63) is 50.7 Å². The third-order valence-electron chi connectivity index (χ3n) is 8.54. The number of benzene rings is 1. The summed E-state index contributed by atoms with van der Waals surface area (Å²) in [5, 5.41) is 45.0. The molecule has 12 nitrogen and oxygen atoms in total. The Labute approximate surface area is 228 Å². The van der Waals surface area contributed by atoms with Crippen molar-refractivity contribution in [1.29, 1.82) is 0 Å². The van der Waals surface area contributed by atoms with Gasteiger partial charge in [0.15, 0.2) is 11.4 Å². The van der Waals surface area contributed by atoms with Crippen molar-refractivity contribution < 1.29 is 44.0 Å². The number of rotatable bonds is 4. The Bertz CT molecular complexity index is 1460. The molecule has 0 saturated carbocycles. The molecule has 1 aliphatic heterocycles. The van der Waals surface area contributed by atoms with Crippen molar-refractivity contribution in [1.82, 2.24) is 14.7 Å². The fraction of sp³-hybridized carbons (Fsp3) is 0.481. The van der Waals surface area contributed by atoms with E-state index >= 15 is 4.39 Å². The number of amides is 2. The normalized spacial score (nSPS) is 27.7. The van der Waals surface area contributed by atoms with Gasteiger partial charge in [-0.25, -0.2) is 4.39 Å². The first-order chi connectivity index (χ1) is 18.6. The summed E-state index contributed by atoms with van der Waals surface area (Å²) in [5.41, 5.74) is 0.978. The molecule has 0 spiro atoms. The summed E-state index contributed by atoms with van der Waals surface area (Å²) in [6.07, 6.45) is -0.302. The molecule has 0 bridgehead atoms. The minimum atomic E-state index is -2.77. The number of allylic oxidation sites excluding steroid dienone is 1. The molecule has 0 aromatic heterocycles. The summed E-state index contributed by atoms with van der Waals surface area (Å²) in [4.78, 5) is 56.3. The van der Waals surface area contributed by atoms with Crippen molar-refractivity contribution in [2.45, 2.75) is 37.6 Å². The van der Waals surface area contributed by atoms with E-state index < -0.39 is 75.2 Å². The molecular weight excluding hydrogens is 527 g/mol. The van der Waals surface area contributed by atoms with Crippen LogP contribution < -0.4 is 5.73 Å². The Hall–Kier alpha value is -3.81. The molecule has 0 unspecified atom stereocenters. The molecule has 1 aromatic carbocycles. The van der Waals surface area contributed by atoms with Crippen LogP contribution in [0.5, 0.6) is 5.75 Å². The summed E-state index contributed by atoms with van der Waals surface area (Å²) in [7, 11) is 6.46. The van der Waals surface area contributed by atoms with E-state index in [0.29, 0.717) is 0 Å². The average molecular weight is 559 g/mol. The number of Topliss-reactive ketones (excluding diaryl/α,β-unsaturated/α-hetero) is 2. The molecular formula is C27H31FN4O8. The molecule has 1 heterocycles.